The molecule has 3 heterocycles. The first-order valence-corrected chi connectivity index (χ1v) is 9.35. The third kappa shape index (κ3) is 3.76. The first-order valence-electron chi connectivity index (χ1n) is 9.35. The van der Waals surface area contributed by atoms with Gasteiger partial charge < -0.3 is 14.8 Å². The van der Waals surface area contributed by atoms with Crippen molar-refractivity contribution in [2.24, 2.45) is 12.0 Å². The van der Waals surface area contributed by atoms with E-state index in [9.17, 15) is 4.39 Å². The predicted molar refractivity (Wildman–Crippen MR) is 106 cm³/mol. The van der Waals surface area contributed by atoms with Crippen LogP contribution in [0.4, 0.5) is 4.39 Å². The standard InChI is InChI=1S/C20H24FN7/c1-22-20(27-7-5-16(13-27)17-11-25-26(2)12-17)24-10-15-3-4-19(18(21)9-15)28-8-6-23-14-28/h3-4,6,8-9,11-12,14,16H,5,7,10,13H2,1-2H3,(H,22,24). The van der Waals surface area contributed by atoms with E-state index in [1.165, 1.54) is 5.56 Å². The number of halogens is 1. The second-order valence-electron chi connectivity index (χ2n) is 7.04. The minimum Gasteiger partial charge on any atom is -0.352 e. The third-order valence-electron chi connectivity index (χ3n) is 5.14. The third-order valence-corrected chi connectivity index (χ3v) is 5.14. The molecule has 1 saturated heterocycles. The van der Waals surface area contributed by atoms with Crippen LogP contribution in [-0.4, -0.2) is 50.3 Å². The summed E-state index contributed by atoms with van der Waals surface area (Å²) in [5, 5.41) is 7.63. The molecule has 3 aromatic rings. The molecule has 4 rings (SSSR count). The van der Waals surface area contributed by atoms with E-state index in [0.717, 1.165) is 31.0 Å². The van der Waals surface area contributed by atoms with Crippen LogP contribution in [0.1, 0.15) is 23.5 Å². The first-order chi connectivity index (χ1) is 13.6. The van der Waals surface area contributed by atoms with Gasteiger partial charge in [0.25, 0.3) is 0 Å². The summed E-state index contributed by atoms with van der Waals surface area (Å²) in [5.74, 6) is 1.02. The van der Waals surface area contributed by atoms with Crippen LogP contribution in [0.15, 0.2) is 54.3 Å². The molecule has 1 aliphatic rings. The Morgan fingerprint density at radius 1 is 1.39 bits per heavy atom. The van der Waals surface area contributed by atoms with E-state index in [0.29, 0.717) is 18.2 Å². The van der Waals surface area contributed by atoms with Crippen LogP contribution in [0, 0.1) is 5.82 Å². The number of imidazole rings is 1. The molecule has 1 unspecified atom stereocenters. The van der Waals surface area contributed by atoms with Crippen LogP contribution in [0.25, 0.3) is 5.69 Å². The molecule has 0 radical (unpaired) electrons. The lowest BCUT2D eigenvalue weighted by Gasteiger charge is -2.21. The van der Waals surface area contributed by atoms with Gasteiger partial charge in [-0.25, -0.2) is 9.37 Å². The number of aromatic nitrogens is 4. The molecule has 146 valence electrons. The van der Waals surface area contributed by atoms with Crippen LogP contribution in [0.5, 0.6) is 0 Å². The molecular formula is C20H24FN7. The predicted octanol–water partition coefficient (Wildman–Crippen LogP) is 2.31. The fourth-order valence-electron chi connectivity index (χ4n) is 3.66. The van der Waals surface area contributed by atoms with Crippen molar-refractivity contribution in [1.82, 2.24) is 29.5 Å². The maximum absolute atomic E-state index is 14.4. The van der Waals surface area contributed by atoms with Gasteiger partial charge >= 0.3 is 0 Å². The maximum Gasteiger partial charge on any atom is 0.193 e. The Morgan fingerprint density at radius 2 is 2.29 bits per heavy atom. The quantitative estimate of drug-likeness (QED) is 0.556. The number of hydrogen-bond donors (Lipinski definition) is 1. The largest absolute Gasteiger partial charge is 0.352 e. The van der Waals surface area contributed by atoms with Crippen molar-refractivity contribution in [1.29, 1.82) is 0 Å². The Labute approximate surface area is 163 Å². The molecule has 28 heavy (non-hydrogen) atoms. The molecule has 0 bridgehead atoms. The highest BCUT2D eigenvalue weighted by molar-refractivity contribution is 5.80. The van der Waals surface area contributed by atoms with E-state index in [4.69, 9.17) is 0 Å². The van der Waals surface area contributed by atoms with Gasteiger partial charge in [0.15, 0.2) is 5.96 Å². The molecule has 1 aliphatic heterocycles. The summed E-state index contributed by atoms with van der Waals surface area (Å²) in [7, 11) is 3.72. The highest BCUT2D eigenvalue weighted by atomic mass is 19.1. The zero-order valence-corrected chi connectivity index (χ0v) is 16.1. The van der Waals surface area contributed by atoms with Gasteiger partial charge in [0.05, 0.1) is 18.2 Å². The summed E-state index contributed by atoms with van der Waals surface area (Å²) in [4.78, 5) is 10.6. The molecule has 1 N–H and O–H groups in total. The summed E-state index contributed by atoms with van der Waals surface area (Å²) in [6, 6.07) is 5.24. The normalized spacial score (nSPS) is 17.3. The van der Waals surface area contributed by atoms with Gasteiger partial charge in [0.2, 0.25) is 0 Å². The molecular weight excluding hydrogens is 357 g/mol. The van der Waals surface area contributed by atoms with E-state index < -0.39 is 0 Å². The second kappa shape index (κ2) is 7.84. The molecule has 1 aromatic carbocycles. The van der Waals surface area contributed by atoms with Crippen molar-refractivity contribution in [3.63, 3.8) is 0 Å². The molecule has 0 spiro atoms. The number of hydrogen-bond acceptors (Lipinski definition) is 3. The van der Waals surface area contributed by atoms with Gasteiger partial charge in [-0.15, -0.1) is 0 Å². The Kier molecular flexibility index (Phi) is 5.10. The topological polar surface area (TPSA) is 63.3 Å². The van der Waals surface area contributed by atoms with Crippen molar-refractivity contribution in [2.75, 3.05) is 20.1 Å². The number of aliphatic imine (C=N–C) groups is 1. The summed E-state index contributed by atoms with van der Waals surface area (Å²) in [6.07, 6.45) is 10.0. The zero-order chi connectivity index (χ0) is 19.5. The summed E-state index contributed by atoms with van der Waals surface area (Å²) in [6.45, 7) is 2.36. The van der Waals surface area contributed by atoms with Gasteiger partial charge in [0, 0.05) is 58.2 Å². The fourth-order valence-corrected chi connectivity index (χ4v) is 3.66. The van der Waals surface area contributed by atoms with Crippen molar-refractivity contribution >= 4 is 5.96 Å². The average Bonchev–Trinajstić information content (AvgIpc) is 3.44. The van der Waals surface area contributed by atoms with Crippen molar-refractivity contribution in [2.45, 2.75) is 18.9 Å². The first kappa shape index (κ1) is 18.2. The number of rotatable bonds is 4. The van der Waals surface area contributed by atoms with E-state index in [2.05, 4.69) is 31.5 Å². The molecule has 8 heteroatoms. The summed E-state index contributed by atoms with van der Waals surface area (Å²) >= 11 is 0. The molecule has 1 fully saturated rings. The van der Waals surface area contributed by atoms with Crippen LogP contribution in [0.2, 0.25) is 0 Å². The lowest BCUT2D eigenvalue weighted by Crippen LogP contribution is -2.39. The van der Waals surface area contributed by atoms with Gasteiger partial charge in [0.1, 0.15) is 5.82 Å². The van der Waals surface area contributed by atoms with Gasteiger partial charge in [-0.2, -0.15) is 5.10 Å². The number of nitrogens with one attached hydrogen (secondary N) is 1. The number of likely N-dealkylation sites (tertiary alicyclic amines) is 1. The monoisotopic (exact) mass is 381 g/mol. The smallest absolute Gasteiger partial charge is 0.193 e. The maximum atomic E-state index is 14.4. The van der Waals surface area contributed by atoms with Crippen LogP contribution < -0.4 is 5.32 Å². The SMILES string of the molecule is CN=C(NCc1ccc(-n2ccnc2)c(F)c1)N1CCC(c2cnn(C)c2)C1. The van der Waals surface area contributed by atoms with Crippen LogP contribution in [0.3, 0.4) is 0 Å². The molecule has 1 atom stereocenters. The Balaban J connectivity index is 1.38. The fraction of sp³-hybridized carbons (Fsp3) is 0.350. The number of aryl methyl sites for hydroxylation is 1. The lowest BCUT2D eigenvalue weighted by atomic mass is 10.0. The number of guanidine groups is 1. The minimum atomic E-state index is -0.273. The molecule has 0 amide bonds. The van der Waals surface area contributed by atoms with Gasteiger partial charge in [-0.3, -0.25) is 9.67 Å². The van der Waals surface area contributed by atoms with Gasteiger partial charge in [-0.05, 0) is 29.7 Å². The van der Waals surface area contributed by atoms with Crippen LogP contribution in [-0.2, 0) is 13.6 Å². The molecule has 2 aromatic heterocycles. The van der Waals surface area contributed by atoms with Crippen molar-refractivity contribution < 1.29 is 4.39 Å². The molecule has 0 aliphatic carbocycles. The highest BCUT2D eigenvalue weighted by Gasteiger charge is 2.26. The zero-order valence-electron chi connectivity index (χ0n) is 16.1. The molecule has 7 nitrogen and oxygen atoms in total. The number of benzene rings is 1. The Hall–Kier alpha value is -3.16. The van der Waals surface area contributed by atoms with E-state index in [1.54, 1.807) is 42.5 Å². The van der Waals surface area contributed by atoms with Gasteiger partial charge in [-0.1, -0.05) is 6.07 Å². The summed E-state index contributed by atoms with van der Waals surface area (Å²) in [5.41, 5.74) is 2.62. The summed E-state index contributed by atoms with van der Waals surface area (Å²) < 4.78 is 17.9. The lowest BCUT2D eigenvalue weighted by molar-refractivity contribution is 0.485. The van der Waals surface area contributed by atoms with E-state index >= 15 is 0 Å². The van der Waals surface area contributed by atoms with Crippen LogP contribution >= 0.6 is 0 Å². The Bertz CT molecular complexity index is 961. The number of nitrogens with zero attached hydrogens (tertiary/aromatic N) is 6. The second-order valence-corrected chi connectivity index (χ2v) is 7.04. The highest BCUT2D eigenvalue weighted by Crippen LogP contribution is 2.26. The van der Waals surface area contributed by atoms with Crippen molar-refractivity contribution in [3.05, 3.63) is 66.3 Å². The van der Waals surface area contributed by atoms with E-state index in [-0.39, 0.29) is 5.82 Å². The van der Waals surface area contributed by atoms with Crippen molar-refractivity contribution in [3.8, 4) is 5.69 Å². The average molecular weight is 381 g/mol. The van der Waals surface area contributed by atoms with E-state index in [1.807, 2.05) is 24.0 Å². The minimum absolute atomic E-state index is 0.273. The molecule has 0 saturated carbocycles. The Morgan fingerprint density at radius 3 is 2.96 bits per heavy atom.